The number of nitrogens with zero attached hydrogens (tertiary/aromatic N) is 1. The molecule has 2 atom stereocenters. The molecule has 0 aromatic carbocycles. The van der Waals surface area contributed by atoms with Crippen LogP contribution < -0.4 is 10.6 Å². The fourth-order valence-corrected chi connectivity index (χ4v) is 1.76. The number of rotatable bonds is 5. The quantitative estimate of drug-likeness (QED) is 0.820. The molecule has 2 rings (SSSR count). The first-order valence-electron chi connectivity index (χ1n) is 6.15. The highest BCUT2D eigenvalue weighted by Gasteiger charge is 2.38. The first-order valence-corrected chi connectivity index (χ1v) is 6.15. The molecule has 0 aliphatic heterocycles. The molecule has 0 saturated heterocycles. The first-order chi connectivity index (χ1) is 8.66. The van der Waals surface area contributed by atoms with Gasteiger partial charge in [-0.1, -0.05) is 13.0 Å². The number of hydrogen-bond acceptors (Lipinski definition) is 3. The minimum atomic E-state index is -0.141. The molecule has 5 nitrogen and oxygen atoms in total. The highest BCUT2D eigenvalue weighted by molar-refractivity contribution is 5.90. The van der Waals surface area contributed by atoms with E-state index in [4.69, 9.17) is 0 Å². The van der Waals surface area contributed by atoms with Crippen LogP contribution in [0.15, 0.2) is 24.4 Å². The smallest absolute Gasteiger partial charge is 0.227 e. The van der Waals surface area contributed by atoms with E-state index >= 15 is 0 Å². The molecule has 0 spiro atoms. The normalized spacial score (nSPS) is 21.2. The molecule has 2 N–H and O–H groups in total. The van der Waals surface area contributed by atoms with Crippen molar-refractivity contribution >= 4 is 17.6 Å². The topological polar surface area (TPSA) is 71.1 Å². The molecule has 1 fully saturated rings. The molecule has 1 heterocycles. The summed E-state index contributed by atoms with van der Waals surface area (Å²) in [6.07, 6.45) is 2.85. The van der Waals surface area contributed by atoms with Crippen LogP contribution in [0.3, 0.4) is 0 Å². The number of amides is 2. The summed E-state index contributed by atoms with van der Waals surface area (Å²) in [7, 11) is 0. The number of nitrogens with one attached hydrogen (secondary N) is 2. The number of hydrogen-bond donors (Lipinski definition) is 2. The van der Waals surface area contributed by atoms with E-state index in [0.717, 1.165) is 6.42 Å². The molecule has 1 aromatic rings. The van der Waals surface area contributed by atoms with Gasteiger partial charge in [-0.3, -0.25) is 9.59 Å². The molecule has 18 heavy (non-hydrogen) atoms. The number of carbonyl (C=O) groups excluding carboxylic acids is 2. The van der Waals surface area contributed by atoms with Crippen molar-refractivity contribution in [2.24, 2.45) is 11.8 Å². The van der Waals surface area contributed by atoms with Crippen LogP contribution in [-0.4, -0.2) is 23.3 Å². The average Bonchev–Trinajstić information content (AvgIpc) is 3.07. The van der Waals surface area contributed by atoms with Gasteiger partial charge >= 0.3 is 0 Å². The lowest BCUT2D eigenvalue weighted by atomic mass is 10.3. The molecule has 1 saturated carbocycles. The van der Waals surface area contributed by atoms with Crippen molar-refractivity contribution in [2.45, 2.75) is 19.8 Å². The summed E-state index contributed by atoms with van der Waals surface area (Å²) < 4.78 is 0. The fourth-order valence-electron chi connectivity index (χ4n) is 1.76. The van der Waals surface area contributed by atoms with Gasteiger partial charge in [0.15, 0.2) is 0 Å². The third-order valence-electron chi connectivity index (χ3n) is 3.03. The largest absolute Gasteiger partial charge is 0.355 e. The van der Waals surface area contributed by atoms with E-state index in [1.165, 1.54) is 0 Å². The molecular weight excluding hydrogens is 230 g/mol. The van der Waals surface area contributed by atoms with Crippen molar-refractivity contribution in [3.63, 3.8) is 0 Å². The van der Waals surface area contributed by atoms with E-state index in [1.54, 1.807) is 24.4 Å². The van der Waals surface area contributed by atoms with Crippen molar-refractivity contribution in [1.29, 1.82) is 0 Å². The monoisotopic (exact) mass is 247 g/mol. The maximum absolute atomic E-state index is 11.5. The number of pyridine rings is 1. The maximum atomic E-state index is 11.5. The second-order valence-corrected chi connectivity index (χ2v) is 4.62. The molecule has 96 valence electrons. The fraction of sp³-hybridized carbons (Fsp3) is 0.462. The Morgan fingerprint density at radius 1 is 1.44 bits per heavy atom. The van der Waals surface area contributed by atoms with E-state index in [2.05, 4.69) is 22.5 Å². The predicted octanol–water partition coefficient (Wildman–Crippen LogP) is 1.18. The van der Waals surface area contributed by atoms with Crippen molar-refractivity contribution in [3.8, 4) is 0 Å². The van der Waals surface area contributed by atoms with E-state index < -0.39 is 0 Å². The van der Waals surface area contributed by atoms with Gasteiger partial charge in [0.05, 0.1) is 0 Å². The van der Waals surface area contributed by atoms with Crippen LogP contribution in [0.2, 0.25) is 0 Å². The van der Waals surface area contributed by atoms with Gasteiger partial charge in [-0.25, -0.2) is 4.98 Å². The van der Waals surface area contributed by atoms with Gasteiger partial charge in [0.1, 0.15) is 5.82 Å². The second-order valence-electron chi connectivity index (χ2n) is 4.62. The molecule has 5 heteroatoms. The third kappa shape index (κ3) is 3.55. The number of carbonyl (C=O) groups is 2. The van der Waals surface area contributed by atoms with Crippen LogP contribution in [0.5, 0.6) is 0 Å². The standard InChI is InChI=1S/C13H17N3O2/c1-9-8-10(9)13(18)15-7-5-12(17)16-11-4-2-3-6-14-11/h2-4,6,9-10H,5,7-8H2,1H3,(H,15,18)(H,14,16,17)/t9-,10+/m0/s1. The lowest BCUT2D eigenvalue weighted by Gasteiger charge is -2.05. The highest BCUT2D eigenvalue weighted by atomic mass is 16.2. The van der Waals surface area contributed by atoms with Gasteiger partial charge in [0.2, 0.25) is 11.8 Å². The van der Waals surface area contributed by atoms with Crippen LogP contribution in [0.1, 0.15) is 19.8 Å². The highest BCUT2D eigenvalue weighted by Crippen LogP contribution is 2.37. The summed E-state index contributed by atoms with van der Waals surface area (Å²) in [6, 6.07) is 5.31. The van der Waals surface area contributed by atoms with Crippen molar-refractivity contribution in [1.82, 2.24) is 10.3 Å². The van der Waals surface area contributed by atoms with E-state index in [-0.39, 0.29) is 24.2 Å². The van der Waals surface area contributed by atoms with Crippen LogP contribution in [0.4, 0.5) is 5.82 Å². The Kier molecular flexibility index (Phi) is 3.92. The Morgan fingerprint density at radius 3 is 2.83 bits per heavy atom. The number of aromatic nitrogens is 1. The van der Waals surface area contributed by atoms with Crippen molar-refractivity contribution < 1.29 is 9.59 Å². The SMILES string of the molecule is C[C@H]1C[C@H]1C(=O)NCCC(=O)Nc1ccccn1. The van der Waals surface area contributed by atoms with Crippen LogP contribution >= 0.6 is 0 Å². The van der Waals surface area contributed by atoms with Crippen LogP contribution in [0, 0.1) is 11.8 Å². The Hall–Kier alpha value is -1.91. The summed E-state index contributed by atoms with van der Waals surface area (Å²) >= 11 is 0. The molecule has 1 aliphatic rings. The summed E-state index contributed by atoms with van der Waals surface area (Å²) in [5.74, 6) is 1.10. The molecule has 0 bridgehead atoms. The summed E-state index contributed by atoms with van der Waals surface area (Å²) in [5, 5.41) is 5.44. The van der Waals surface area contributed by atoms with Gasteiger partial charge in [-0.05, 0) is 24.5 Å². The Labute approximate surface area is 106 Å². The van der Waals surface area contributed by atoms with E-state index in [1.807, 2.05) is 0 Å². The van der Waals surface area contributed by atoms with Gasteiger partial charge in [-0.2, -0.15) is 0 Å². The summed E-state index contributed by atoms with van der Waals surface area (Å²) in [4.78, 5) is 27.0. The molecule has 0 radical (unpaired) electrons. The molecule has 1 aliphatic carbocycles. The molecule has 0 unspecified atom stereocenters. The zero-order valence-corrected chi connectivity index (χ0v) is 10.3. The van der Waals surface area contributed by atoms with Crippen molar-refractivity contribution in [3.05, 3.63) is 24.4 Å². The Morgan fingerprint density at radius 2 is 2.22 bits per heavy atom. The molecular formula is C13H17N3O2. The molecule has 2 amide bonds. The lowest BCUT2D eigenvalue weighted by molar-refractivity contribution is -0.122. The number of anilines is 1. The Bertz CT molecular complexity index is 433. The minimum absolute atomic E-state index is 0.0631. The van der Waals surface area contributed by atoms with Crippen molar-refractivity contribution in [2.75, 3.05) is 11.9 Å². The first kappa shape index (κ1) is 12.5. The second kappa shape index (κ2) is 5.62. The van der Waals surface area contributed by atoms with E-state index in [0.29, 0.717) is 18.3 Å². The zero-order valence-electron chi connectivity index (χ0n) is 10.3. The van der Waals surface area contributed by atoms with Gasteiger partial charge < -0.3 is 10.6 Å². The van der Waals surface area contributed by atoms with Gasteiger partial charge in [-0.15, -0.1) is 0 Å². The van der Waals surface area contributed by atoms with Crippen LogP contribution in [0.25, 0.3) is 0 Å². The Balaban J connectivity index is 1.65. The van der Waals surface area contributed by atoms with Gasteiger partial charge in [0.25, 0.3) is 0 Å². The van der Waals surface area contributed by atoms with Crippen LogP contribution in [-0.2, 0) is 9.59 Å². The average molecular weight is 247 g/mol. The third-order valence-corrected chi connectivity index (χ3v) is 3.03. The van der Waals surface area contributed by atoms with Gasteiger partial charge in [0, 0.05) is 25.1 Å². The van der Waals surface area contributed by atoms with E-state index in [9.17, 15) is 9.59 Å². The minimum Gasteiger partial charge on any atom is -0.355 e. The summed E-state index contributed by atoms with van der Waals surface area (Å²) in [6.45, 7) is 2.43. The molecule has 1 aromatic heterocycles. The maximum Gasteiger partial charge on any atom is 0.227 e. The zero-order chi connectivity index (χ0) is 13.0. The predicted molar refractivity (Wildman–Crippen MR) is 67.8 cm³/mol. The summed E-state index contributed by atoms with van der Waals surface area (Å²) in [5.41, 5.74) is 0. The lowest BCUT2D eigenvalue weighted by Crippen LogP contribution is -2.29.